The van der Waals surface area contributed by atoms with Crippen molar-refractivity contribution in [2.45, 2.75) is 12.6 Å². The third kappa shape index (κ3) is 5.38. The second-order valence-electron chi connectivity index (χ2n) is 1.68. The summed E-state index contributed by atoms with van der Waals surface area (Å²) in [6, 6.07) is 0. The van der Waals surface area contributed by atoms with E-state index in [1.807, 2.05) is 0 Å². The molecule has 0 saturated heterocycles. The lowest BCUT2D eigenvalue weighted by molar-refractivity contribution is -0.134. The van der Waals surface area contributed by atoms with Gasteiger partial charge in [0.15, 0.2) is 0 Å². The fourth-order valence-corrected chi connectivity index (χ4v) is 0.293. The van der Waals surface area contributed by atoms with Crippen molar-refractivity contribution in [3.63, 3.8) is 0 Å². The normalized spacial score (nSPS) is 13.3. The summed E-state index contributed by atoms with van der Waals surface area (Å²) in [5.74, 6) is -3.78. The van der Waals surface area contributed by atoms with E-state index in [9.17, 15) is 22.4 Å². The predicted octanol–water partition coefficient (Wildman–Crippen LogP) is 1.88. The molecule has 1 N–H and O–H groups in total. The largest absolute Gasteiger partial charge is 0.476 e. The van der Waals surface area contributed by atoms with Gasteiger partial charge in [0.05, 0.1) is 6.42 Å². The molecule has 0 spiro atoms. The molecule has 0 radical (unpaired) electrons. The number of halogens is 4. The first kappa shape index (κ1) is 9.93. The molecule has 11 heavy (non-hydrogen) atoms. The molecule has 0 aromatic heterocycles. The molecule has 6 heteroatoms. The summed E-state index contributed by atoms with van der Waals surface area (Å²) < 4.78 is 45.6. The summed E-state index contributed by atoms with van der Waals surface area (Å²) in [7, 11) is 0. The fraction of sp³-hybridized carbons (Fsp3) is 0.400. The minimum absolute atomic E-state index is 0.0255. The van der Waals surface area contributed by atoms with Gasteiger partial charge < -0.3 is 5.11 Å². The van der Waals surface area contributed by atoms with Crippen LogP contribution in [0.5, 0.6) is 0 Å². The van der Waals surface area contributed by atoms with Gasteiger partial charge in [-0.25, -0.2) is 4.79 Å². The SMILES string of the molecule is O=C(O)C(F)=CCC(F)(F)F. The molecule has 0 heterocycles. The average molecular weight is 172 g/mol. The van der Waals surface area contributed by atoms with Crippen LogP contribution in [-0.4, -0.2) is 17.3 Å². The van der Waals surface area contributed by atoms with Crippen molar-refractivity contribution in [3.8, 4) is 0 Å². The fourth-order valence-electron chi connectivity index (χ4n) is 0.293. The molecule has 0 aliphatic carbocycles. The van der Waals surface area contributed by atoms with Crippen LogP contribution < -0.4 is 0 Å². The van der Waals surface area contributed by atoms with Crippen molar-refractivity contribution >= 4 is 5.97 Å². The average Bonchev–Trinajstić information content (AvgIpc) is 1.80. The Morgan fingerprint density at radius 2 is 1.91 bits per heavy atom. The molecular formula is C5H4F4O2. The van der Waals surface area contributed by atoms with Gasteiger partial charge in [-0.1, -0.05) is 0 Å². The molecule has 0 aromatic rings. The first-order valence-corrected chi connectivity index (χ1v) is 2.48. The molecule has 0 saturated carbocycles. The second kappa shape index (κ2) is 3.36. The summed E-state index contributed by atoms with van der Waals surface area (Å²) in [5, 5.41) is 7.77. The van der Waals surface area contributed by atoms with E-state index in [0.29, 0.717) is 0 Å². The summed E-state index contributed by atoms with van der Waals surface area (Å²) >= 11 is 0. The molecule has 0 atom stereocenters. The molecule has 0 aliphatic rings. The number of carboxylic acid groups (broad SMARTS) is 1. The third-order valence-electron chi connectivity index (χ3n) is 0.717. The highest BCUT2D eigenvalue weighted by molar-refractivity contribution is 5.83. The van der Waals surface area contributed by atoms with Gasteiger partial charge in [-0.05, 0) is 6.08 Å². The Labute approximate surface area is 59.1 Å². The summed E-state index contributed by atoms with van der Waals surface area (Å²) in [6.45, 7) is 0. The lowest BCUT2D eigenvalue weighted by Crippen LogP contribution is -2.06. The van der Waals surface area contributed by atoms with E-state index in [0.717, 1.165) is 0 Å². The van der Waals surface area contributed by atoms with Crippen LogP contribution in [-0.2, 0) is 4.79 Å². The lowest BCUT2D eigenvalue weighted by atomic mass is 10.3. The van der Waals surface area contributed by atoms with Gasteiger partial charge in [0.25, 0.3) is 0 Å². The number of carboxylic acids is 1. The van der Waals surface area contributed by atoms with Crippen molar-refractivity contribution in [3.05, 3.63) is 11.9 Å². The number of allylic oxidation sites excluding steroid dienone is 1. The third-order valence-corrected chi connectivity index (χ3v) is 0.717. The summed E-state index contributed by atoms with van der Waals surface area (Å²) in [6.07, 6.45) is -6.15. The van der Waals surface area contributed by atoms with Crippen LogP contribution in [0.25, 0.3) is 0 Å². The summed E-state index contributed by atoms with van der Waals surface area (Å²) in [4.78, 5) is 9.61. The van der Waals surface area contributed by atoms with E-state index in [-0.39, 0.29) is 6.08 Å². The molecule has 0 aromatic carbocycles. The number of alkyl halides is 3. The molecule has 64 valence electrons. The van der Waals surface area contributed by atoms with Crippen molar-refractivity contribution in [2.75, 3.05) is 0 Å². The molecule has 2 nitrogen and oxygen atoms in total. The minimum atomic E-state index is -4.56. The lowest BCUT2D eigenvalue weighted by Gasteiger charge is -1.99. The standard InChI is InChI=1S/C5H4F4O2/c6-3(4(10)11)1-2-5(7,8)9/h1H,2H2,(H,10,11). The highest BCUT2D eigenvalue weighted by atomic mass is 19.4. The molecule has 0 fully saturated rings. The smallest absolute Gasteiger partial charge is 0.392 e. The van der Waals surface area contributed by atoms with Gasteiger partial charge in [0.2, 0.25) is 5.83 Å². The Morgan fingerprint density at radius 3 is 2.18 bits per heavy atom. The first-order chi connectivity index (χ1) is 4.83. The van der Waals surface area contributed by atoms with E-state index < -0.39 is 24.4 Å². The molecule has 0 bridgehead atoms. The Kier molecular flexibility index (Phi) is 3.03. The topological polar surface area (TPSA) is 37.3 Å². The van der Waals surface area contributed by atoms with Crippen LogP contribution in [0.15, 0.2) is 11.9 Å². The van der Waals surface area contributed by atoms with Crippen LogP contribution in [0.3, 0.4) is 0 Å². The van der Waals surface area contributed by atoms with Gasteiger partial charge in [0.1, 0.15) is 0 Å². The monoisotopic (exact) mass is 172 g/mol. The van der Waals surface area contributed by atoms with Gasteiger partial charge in [0, 0.05) is 0 Å². The number of rotatable bonds is 2. The van der Waals surface area contributed by atoms with Crippen LogP contribution in [0.4, 0.5) is 17.6 Å². The minimum Gasteiger partial charge on any atom is -0.476 e. The van der Waals surface area contributed by atoms with Crippen molar-refractivity contribution in [1.29, 1.82) is 0 Å². The maximum atomic E-state index is 11.8. The number of hydrogen-bond donors (Lipinski definition) is 1. The van der Waals surface area contributed by atoms with Crippen LogP contribution in [0.2, 0.25) is 0 Å². The molecule has 0 unspecified atom stereocenters. The zero-order chi connectivity index (χ0) is 9.07. The van der Waals surface area contributed by atoms with Crippen molar-refractivity contribution in [1.82, 2.24) is 0 Å². The van der Waals surface area contributed by atoms with E-state index in [1.165, 1.54) is 0 Å². The highest BCUT2D eigenvalue weighted by Gasteiger charge is 2.26. The van der Waals surface area contributed by atoms with Crippen molar-refractivity contribution < 1.29 is 27.5 Å². The van der Waals surface area contributed by atoms with Gasteiger partial charge in [-0.2, -0.15) is 17.6 Å². The van der Waals surface area contributed by atoms with Gasteiger partial charge in [-0.15, -0.1) is 0 Å². The van der Waals surface area contributed by atoms with Gasteiger partial charge >= 0.3 is 12.1 Å². The van der Waals surface area contributed by atoms with E-state index in [4.69, 9.17) is 5.11 Å². The zero-order valence-corrected chi connectivity index (χ0v) is 5.15. The predicted molar refractivity (Wildman–Crippen MR) is 27.5 cm³/mol. The zero-order valence-electron chi connectivity index (χ0n) is 5.15. The van der Waals surface area contributed by atoms with E-state index >= 15 is 0 Å². The van der Waals surface area contributed by atoms with Crippen LogP contribution in [0.1, 0.15) is 6.42 Å². The van der Waals surface area contributed by atoms with Crippen molar-refractivity contribution in [2.24, 2.45) is 0 Å². The molecule has 0 rings (SSSR count). The Bertz CT molecular complexity index is 181. The molecule has 0 aliphatic heterocycles. The van der Waals surface area contributed by atoms with E-state index in [1.54, 1.807) is 0 Å². The highest BCUT2D eigenvalue weighted by Crippen LogP contribution is 2.20. The molecular weight excluding hydrogens is 168 g/mol. The number of hydrogen-bond acceptors (Lipinski definition) is 1. The number of aliphatic carboxylic acids is 1. The molecule has 0 amide bonds. The Balaban J connectivity index is 4.04. The van der Waals surface area contributed by atoms with Gasteiger partial charge in [-0.3, -0.25) is 0 Å². The van der Waals surface area contributed by atoms with Crippen LogP contribution >= 0.6 is 0 Å². The van der Waals surface area contributed by atoms with Crippen LogP contribution in [0, 0.1) is 0 Å². The number of carbonyl (C=O) groups is 1. The Hall–Kier alpha value is -1.07. The quantitative estimate of drug-likeness (QED) is 0.510. The maximum absolute atomic E-state index is 11.8. The second-order valence-corrected chi connectivity index (χ2v) is 1.68. The maximum Gasteiger partial charge on any atom is 0.392 e. The van der Waals surface area contributed by atoms with E-state index in [2.05, 4.69) is 0 Å². The first-order valence-electron chi connectivity index (χ1n) is 2.48. The summed E-state index contributed by atoms with van der Waals surface area (Å²) in [5.41, 5.74) is 0. The Morgan fingerprint density at radius 1 is 1.45 bits per heavy atom.